The van der Waals surface area contributed by atoms with Crippen molar-refractivity contribution in [2.45, 2.75) is 19.4 Å². The molecular weight excluding hydrogens is 392 g/mol. The van der Waals surface area contributed by atoms with Crippen LogP contribution in [0.25, 0.3) is 11.1 Å². The molecule has 3 aromatic rings. The van der Waals surface area contributed by atoms with E-state index in [1.54, 1.807) is 30.5 Å². The average Bonchev–Trinajstić information content (AvgIpc) is 3.56. The Morgan fingerprint density at radius 2 is 1.80 bits per heavy atom. The Hall–Kier alpha value is -3.48. The second kappa shape index (κ2) is 8.49. The van der Waals surface area contributed by atoms with Crippen molar-refractivity contribution in [3.63, 3.8) is 0 Å². The zero-order valence-corrected chi connectivity index (χ0v) is 16.0. The number of benzene rings is 2. The van der Waals surface area contributed by atoms with Crippen molar-refractivity contribution >= 4 is 5.97 Å². The average molecular weight is 411 g/mol. The van der Waals surface area contributed by atoms with Crippen molar-refractivity contribution < 1.29 is 28.2 Å². The van der Waals surface area contributed by atoms with Gasteiger partial charge in [-0.3, -0.25) is 0 Å². The number of carboxylic acids is 1. The Kier molecular flexibility index (Phi) is 5.61. The lowest BCUT2D eigenvalue weighted by atomic mass is 10.1. The maximum atomic E-state index is 14.1. The van der Waals surface area contributed by atoms with E-state index in [9.17, 15) is 13.6 Å². The van der Waals surface area contributed by atoms with E-state index >= 15 is 0 Å². The SMILES string of the molecule is O=C(O)c1cc(F)c(COc2cccc(-c3ccc(OCC4CC4)nc3)c2)c(F)c1. The number of carbonyl (C=O) groups is 1. The number of hydrogen-bond acceptors (Lipinski definition) is 4. The molecule has 0 unspecified atom stereocenters. The van der Waals surface area contributed by atoms with Crippen LogP contribution in [0.3, 0.4) is 0 Å². The lowest BCUT2D eigenvalue weighted by Crippen LogP contribution is -2.06. The van der Waals surface area contributed by atoms with Gasteiger partial charge >= 0.3 is 5.97 Å². The third-order valence-corrected chi connectivity index (χ3v) is 4.84. The molecule has 0 spiro atoms. The monoisotopic (exact) mass is 411 g/mol. The molecule has 0 radical (unpaired) electrons. The van der Waals surface area contributed by atoms with Crippen LogP contribution < -0.4 is 9.47 Å². The van der Waals surface area contributed by atoms with E-state index < -0.39 is 23.2 Å². The first-order valence-electron chi connectivity index (χ1n) is 9.53. The molecule has 0 atom stereocenters. The highest BCUT2D eigenvalue weighted by Gasteiger charge is 2.22. The first-order valence-corrected chi connectivity index (χ1v) is 9.53. The Bertz CT molecular complexity index is 1040. The Morgan fingerprint density at radius 3 is 2.43 bits per heavy atom. The van der Waals surface area contributed by atoms with Gasteiger partial charge in [-0.15, -0.1) is 0 Å². The molecule has 1 N–H and O–H groups in total. The van der Waals surface area contributed by atoms with Gasteiger partial charge in [-0.25, -0.2) is 18.6 Å². The first-order chi connectivity index (χ1) is 14.5. The highest BCUT2D eigenvalue weighted by molar-refractivity contribution is 5.87. The van der Waals surface area contributed by atoms with Gasteiger partial charge in [-0.2, -0.15) is 0 Å². The summed E-state index contributed by atoms with van der Waals surface area (Å²) in [7, 11) is 0. The molecule has 30 heavy (non-hydrogen) atoms. The van der Waals surface area contributed by atoms with Gasteiger partial charge in [0.2, 0.25) is 5.88 Å². The van der Waals surface area contributed by atoms with E-state index in [0.717, 1.165) is 23.3 Å². The molecule has 0 amide bonds. The summed E-state index contributed by atoms with van der Waals surface area (Å²) in [6.45, 7) is 0.323. The molecule has 1 heterocycles. The fourth-order valence-electron chi connectivity index (χ4n) is 2.91. The van der Waals surface area contributed by atoms with Crippen molar-refractivity contribution in [2.24, 2.45) is 5.92 Å². The highest BCUT2D eigenvalue weighted by atomic mass is 19.1. The lowest BCUT2D eigenvalue weighted by molar-refractivity contribution is 0.0695. The maximum Gasteiger partial charge on any atom is 0.335 e. The number of aromatic carboxylic acids is 1. The van der Waals surface area contributed by atoms with Gasteiger partial charge in [0.15, 0.2) is 0 Å². The van der Waals surface area contributed by atoms with Crippen molar-refractivity contribution in [3.8, 4) is 22.8 Å². The second-order valence-electron chi connectivity index (χ2n) is 7.18. The zero-order chi connectivity index (χ0) is 21.1. The molecule has 0 saturated heterocycles. The van der Waals surface area contributed by atoms with Crippen LogP contribution in [0.5, 0.6) is 11.6 Å². The molecule has 1 saturated carbocycles. The predicted octanol–water partition coefficient (Wildman–Crippen LogP) is 5.09. The van der Waals surface area contributed by atoms with Crippen LogP contribution >= 0.6 is 0 Å². The summed E-state index contributed by atoms with van der Waals surface area (Å²) in [5.74, 6) is -1.68. The third kappa shape index (κ3) is 4.74. The van der Waals surface area contributed by atoms with E-state index in [1.165, 1.54) is 12.8 Å². The number of rotatable bonds is 8. The molecule has 4 rings (SSSR count). The molecule has 1 aliphatic rings. The largest absolute Gasteiger partial charge is 0.489 e. The number of nitrogens with zero attached hydrogens (tertiary/aromatic N) is 1. The van der Waals surface area contributed by atoms with Crippen LogP contribution in [0.1, 0.15) is 28.8 Å². The summed E-state index contributed by atoms with van der Waals surface area (Å²) in [5, 5.41) is 8.87. The number of ether oxygens (including phenoxy) is 2. The van der Waals surface area contributed by atoms with Gasteiger partial charge in [0.1, 0.15) is 24.0 Å². The highest BCUT2D eigenvalue weighted by Crippen LogP contribution is 2.30. The summed E-state index contributed by atoms with van der Waals surface area (Å²) in [6.07, 6.45) is 4.12. The number of pyridine rings is 1. The van der Waals surface area contributed by atoms with E-state index in [-0.39, 0.29) is 12.2 Å². The Balaban J connectivity index is 1.44. The van der Waals surface area contributed by atoms with Gasteiger partial charge in [-0.05, 0) is 54.7 Å². The topological polar surface area (TPSA) is 68.7 Å². The van der Waals surface area contributed by atoms with Crippen LogP contribution in [-0.2, 0) is 6.61 Å². The van der Waals surface area contributed by atoms with Gasteiger partial charge < -0.3 is 14.6 Å². The van der Waals surface area contributed by atoms with E-state index in [2.05, 4.69) is 4.98 Å². The van der Waals surface area contributed by atoms with Crippen molar-refractivity contribution in [3.05, 3.63) is 77.5 Å². The molecule has 7 heteroatoms. The minimum absolute atomic E-state index is 0.329. The normalized spacial score (nSPS) is 13.1. The minimum Gasteiger partial charge on any atom is -0.489 e. The van der Waals surface area contributed by atoms with Crippen molar-refractivity contribution in [2.75, 3.05) is 6.61 Å². The summed E-state index contributed by atoms with van der Waals surface area (Å²) >= 11 is 0. The standard InChI is InChI=1S/C23H19F2NO4/c24-20-9-17(23(27)28)10-21(25)19(20)13-29-18-3-1-2-15(8-18)16-6-7-22(26-11-16)30-12-14-4-5-14/h1-3,6-11,14H,4-5,12-13H2,(H,27,28). The zero-order valence-electron chi connectivity index (χ0n) is 16.0. The summed E-state index contributed by atoms with van der Waals surface area (Å²) < 4.78 is 39.3. The minimum atomic E-state index is -1.40. The van der Waals surface area contributed by atoms with Crippen molar-refractivity contribution in [1.29, 1.82) is 0 Å². The van der Waals surface area contributed by atoms with E-state index in [4.69, 9.17) is 14.6 Å². The van der Waals surface area contributed by atoms with E-state index in [0.29, 0.717) is 24.2 Å². The quantitative estimate of drug-likeness (QED) is 0.559. The molecule has 5 nitrogen and oxygen atoms in total. The fourth-order valence-corrected chi connectivity index (χ4v) is 2.91. The maximum absolute atomic E-state index is 14.1. The summed E-state index contributed by atoms with van der Waals surface area (Å²) in [6, 6.07) is 12.3. The van der Waals surface area contributed by atoms with Gasteiger partial charge in [0.25, 0.3) is 0 Å². The van der Waals surface area contributed by atoms with Crippen LogP contribution in [-0.4, -0.2) is 22.7 Å². The lowest BCUT2D eigenvalue weighted by Gasteiger charge is -2.11. The van der Waals surface area contributed by atoms with Crippen molar-refractivity contribution in [1.82, 2.24) is 4.98 Å². The number of hydrogen-bond donors (Lipinski definition) is 1. The molecule has 154 valence electrons. The van der Waals surface area contributed by atoms with Crippen LogP contribution in [0.15, 0.2) is 54.7 Å². The molecule has 1 fully saturated rings. The molecule has 0 aliphatic heterocycles. The van der Waals surface area contributed by atoms with E-state index in [1.807, 2.05) is 12.1 Å². The van der Waals surface area contributed by atoms with Gasteiger partial charge in [0.05, 0.1) is 17.7 Å². The molecule has 1 aromatic heterocycles. The van der Waals surface area contributed by atoms with Crippen LogP contribution in [0, 0.1) is 17.6 Å². The Labute approximate surface area is 171 Å². The third-order valence-electron chi connectivity index (χ3n) is 4.84. The molecular formula is C23H19F2NO4. The Morgan fingerprint density at radius 1 is 1.03 bits per heavy atom. The van der Waals surface area contributed by atoms with Gasteiger partial charge in [0, 0.05) is 17.8 Å². The summed E-state index contributed by atoms with van der Waals surface area (Å²) in [4.78, 5) is 15.2. The molecule has 1 aliphatic carbocycles. The predicted molar refractivity (Wildman–Crippen MR) is 106 cm³/mol. The number of aromatic nitrogens is 1. The molecule has 2 aromatic carbocycles. The van der Waals surface area contributed by atoms with Crippen LogP contribution in [0.4, 0.5) is 8.78 Å². The fraction of sp³-hybridized carbons (Fsp3) is 0.217. The smallest absolute Gasteiger partial charge is 0.335 e. The first kappa shape index (κ1) is 19.8. The molecule has 0 bridgehead atoms. The van der Waals surface area contributed by atoms with Gasteiger partial charge in [-0.1, -0.05) is 12.1 Å². The summed E-state index contributed by atoms with van der Waals surface area (Å²) in [5.41, 5.74) is 0.898. The number of halogens is 2. The number of carboxylic acid groups (broad SMARTS) is 1. The van der Waals surface area contributed by atoms with Crippen LogP contribution in [0.2, 0.25) is 0 Å². The second-order valence-corrected chi connectivity index (χ2v) is 7.18.